The molecule has 0 saturated heterocycles. The minimum atomic E-state index is -4.73. The molecule has 1 heterocycles. The molecule has 0 aliphatic rings. The summed E-state index contributed by atoms with van der Waals surface area (Å²) >= 11 is 0. The maximum atomic E-state index is 12.2. The first-order valence-corrected chi connectivity index (χ1v) is 9.64. The van der Waals surface area contributed by atoms with Crippen LogP contribution in [0.4, 0.5) is 18.0 Å². The van der Waals surface area contributed by atoms with E-state index in [1.54, 1.807) is 0 Å². The zero-order chi connectivity index (χ0) is 22.4. The molecule has 2 amide bonds. The van der Waals surface area contributed by atoms with Crippen LogP contribution in [-0.2, 0) is 19.6 Å². The van der Waals surface area contributed by atoms with Crippen molar-refractivity contribution < 1.29 is 22.7 Å². The van der Waals surface area contributed by atoms with E-state index < -0.39 is 6.36 Å². The molecule has 2 N–H and O–H groups in total. The highest BCUT2D eigenvalue weighted by atomic mass is 19.4. The Morgan fingerprint density at radius 1 is 0.968 bits per heavy atom. The third-order valence-electron chi connectivity index (χ3n) is 4.74. The van der Waals surface area contributed by atoms with Gasteiger partial charge in [-0.1, -0.05) is 42.5 Å². The molecular weight excluding hydrogens is 409 g/mol. The van der Waals surface area contributed by atoms with Crippen molar-refractivity contribution in [3.05, 3.63) is 82.7 Å². The van der Waals surface area contributed by atoms with Gasteiger partial charge in [0.2, 0.25) is 0 Å². The zero-order valence-electron chi connectivity index (χ0n) is 17.2. The van der Waals surface area contributed by atoms with Crippen molar-refractivity contribution in [3.8, 4) is 5.75 Å². The van der Waals surface area contributed by atoms with Crippen LogP contribution in [0.3, 0.4) is 0 Å². The van der Waals surface area contributed by atoms with Gasteiger partial charge in [0.25, 0.3) is 0 Å². The molecule has 0 aliphatic heterocycles. The second kappa shape index (κ2) is 9.55. The number of aromatic nitrogens is 2. The number of urea groups is 1. The van der Waals surface area contributed by atoms with E-state index in [1.165, 1.54) is 24.3 Å². The highest BCUT2D eigenvalue weighted by Gasteiger charge is 2.30. The molecule has 0 bridgehead atoms. The number of ether oxygens (including phenoxy) is 1. The number of rotatable bonds is 7. The third kappa shape index (κ3) is 6.50. The Labute approximate surface area is 178 Å². The smallest absolute Gasteiger partial charge is 0.406 e. The van der Waals surface area contributed by atoms with E-state index in [0.717, 1.165) is 22.5 Å². The molecule has 0 saturated carbocycles. The molecule has 9 heteroatoms. The number of hydrogen-bond donors (Lipinski definition) is 2. The highest BCUT2D eigenvalue weighted by molar-refractivity contribution is 5.73. The van der Waals surface area contributed by atoms with E-state index >= 15 is 0 Å². The normalized spacial score (nSPS) is 11.3. The predicted molar refractivity (Wildman–Crippen MR) is 109 cm³/mol. The van der Waals surface area contributed by atoms with Crippen LogP contribution in [0.25, 0.3) is 0 Å². The maximum absolute atomic E-state index is 12.2. The van der Waals surface area contributed by atoms with Crippen LogP contribution in [0.1, 0.15) is 28.1 Å². The van der Waals surface area contributed by atoms with E-state index in [2.05, 4.69) is 20.5 Å². The van der Waals surface area contributed by atoms with E-state index in [4.69, 9.17) is 0 Å². The molecule has 0 spiro atoms. The van der Waals surface area contributed by atoms with Gasteiger partial charge in [-0.2, -0.15) is 5.10 Å². The minimum absolute atomic E-state index is 0.170. The molecule has 164 valence electrons. The van der Waals surface area contributed by atoms with Crippen molar-refractivity contribution >= 4 is 6.03 Å². The molecule has 0 aliphatic carbocycles. The minimum Gasteiger partial charge on any atom is -0.406 e. The van der Waals surface area contributed by atoms with E-state index in [1.807, 2.05) is 48.9 Å². The summed E-state index contributed by atoms with van der Waals surface area (Å²) in [6.45, 7) is 4.99. The Morgan fingerprint density at radius 2 is 1.61 bits per heavy atom. The first-order valence-electron chi connectivity index (χ1n) is 9.64. The molecule has 0 unspecified atom stereocenters. The molecule has 3 aromatic rings. The second-order valence-electron chi connectivity index (χ2n) is 7.02. The Morgan fingerprint density at radius 3 is 2.26 bits per heavy atom. The van der Waals surface area contributed by atoms with Gasteiger partial charge >= 0.3 is 12.4 Å². The van der Waals surface area contributed by atoms with Gasteiger partial charge in [0.1, 0.15) is 5.75 Å². The summed E-state index contributed by atoms with van der Waals surface area (Å²) in [6.07, 6.45) is -4.73. The van der Waals surface area contributed by atoms with Crippen LogP contribution in [-0.4, -0.2) is 22.2 Å². The average molecular weight is 432 g/mol. The maximum Gasteiger partial charge on any atom is 0.573 e. The standard InChI is InChI=1S/C22H23F3N4O2/c1-15-20(16(2)29(28-15)14-18-6-4-3-5-7-18)13-27-21(30)26-12-17-8-10-19(11-9-17)31-22(23,24)25/h3-11H,12-14H2,1-2H3,(H2,26,27,30). The first-order chi connectivity index (χ1) is 14.7. The van der Waals surface area contributed by atoms with Crippen molar-refractivity contribution in [3.63, 3.8) is 0 Å². The van der Waals surface area contributed by atoms with Crippen LogP contribution in [0.5, 0.6) is 5.75 Å². The number of nitrogens with zero attached hydrogens (tertiary/aromatic N) is 2. The number of alkyl halides is 3. The quantitative estimate of drug-likeness (QED) is 0.580. The van der Waals surface area contributed by atoms with Crippen LogP contribution < -0.4 is 15.4 Å². The summed E-state index contributed by atoms with van der Waals surface area (Å²) < 4.78 is 42.3. The van der Waals surface area contributed by atoms with Crippen LogP contribution in [0.15, 0.2) is 54.6 Å². The van der Waals surface area contributed by atoms with Gasteiger partial charge in [0.15, 0.2) is 0 Å². The summed E-state index contributed by atoms with van der Waals surface area (Å²) in [5.41, 5.74) is 4.54. The van der Waals surface area contributed by atoms with E-state index in [9.17, 15) is 18.0 Å². The Hall–Kier alpha value is -3.49. The number of aryl methyl sites for hydroxylation is 1. The van der Waals surface area contributed by atoms with Crippen molar-refractivity contribution in [1.82, 2.24) is 20.4 Å². The van der Waals surface area contributed by atoms with Crippen molar-refractivity contribution in [1.29, 1.82) is 0 Å². The molecule has 0 fully saturated rings. The highest BCUT2D eigenvalue weighted by Crippen LogP contribution is 2.22. The average Bonchev–Trinajstić information content (AvgIpc) is 2.98. The first kappa shape index (κ1) is 22.2. The molecule has 31 heavy (non-hydrogen) atoms. The number of nitrogens with one attached hydrogen (secondary N) is 2. The van der Waals surface area contributed by atoms with Crippen molar-refractivity contribution in [2.45, 2.75) is 39.8 Å². The summed E-state index contributed by atoms with van der Waals surface area (Å²) in [5, 5.41) is 10.0. The van der Waals surface area contributed by atoms with Gasteiger partial charge in [-0.05, 0) is 37.1 Å². The molecule has 0 radical (unpaired) electrons. The number of carbonyl (C=O) groups excluding carboxylic acids is 1. The molecule has 3 rings (SSSR count). The monoisotopic (exact) mass is 432 g/mol. The topological polar surface area (TPSA) is 68.2 Å². The largest absolute Gasteiger partial charge is 0.573 e. The SMILES string of the molecule is Cc1nn(Cc2ccccc2)c(C)c1CNC(=O)NCc1ccc(OC(F)(F)F)cc1. The fourth-order valence-corrected chi connectivity index (χ4v) is 3.12. The molecule has 0 atom stereocenters. The number of carbonyl (C=O) groups is 1. The summed E-state index contributed by atoms with van der Waals surface area (Å²) in [6, 6.07) is 14.9. The third-order valence-corrected chi connectivity index (χ3v) is 4.74. The van der Waals surface area contributed by atoms with Gasteiger partial charge in [-0.15, -0.1) is 13.2 Å². The van der Waals surface area contributed by atoms with Crippen LogP contribution in [0, 0.1) is 13.8 Å². The number of halogens is 3. The van der Waals surface area contributed by atoms with Crippen molar-refractivity contribution in [2.75, 3.05) is 0 Å². The number of hydrogen-bond acceptors (Lipinski definition) is 3. The Kier molecular flexibility index (Phi) is 6.84. The van der Waals surface area contributed by atoms with E-state index in [0.29, 0.717) is 18.7 Å². The van der Waals surface area contributed by atoms with Gasteiger partial charge in [-0.3, -0.25) is 4.68 Å². The molecule has 1 aromatic heterocycles. The lowest BCUT2D eigenvalue weighted by atomic mass is 10.2. The van der Waals surface area contributed by atoms with E-state index in [-0.39, 0.29) is 18.3 Å². The summed E-state index contributed by atoms with van der Waals surface area (Å²) in [7, 11) is 0. The zero-order valence-corrected chi connectivity index (χ0v) is 17.2. The Balaban J connectivity index is 1.50. The number of amides is 2. The van der Waals surface area contributed by atoms with Gasteiger partial charge in [-0.25, -0.2) is 4.79 Å². The van der Waals surface area contributed by atoms with Gasteiger partial charge in [0, 0.05) is 24.3 Å². The van der Waals surface area contributed by atoms with Gasteiger partial charge < -0.3 is 15.4 Å². The lowest BCUT2D eigenvalue weighted by molar-refractivity contribution is -0.274. The van der Waals surface area contributed by atoms with Crippen LogP contribution >= 0.6 is 0 Å². The Bertz CT molecular complexity index is 1020. The summed E-state index contributed by atoms with van der Waals surface area (Å²) in [5.74, 6) is -0.306. The lowest BCUT2D eigenvalue weighted by Crippen LogP contribution is -2.34. The van der Waals surface area contributed by atoms with Crippen molar-refractivity contribution in [2.24, 2.45) is 0 Å². The second-order valence-corrected chi connectivity index (χ2v) is 7.02. The molecule has 2 aromatic carbocycles. The lowest BCUT2D eigenvalue weighted by Gasteiger charge is -2.10. The van der Waals surface area contributed by atoms with Gasteiger partial charge in [0.05, 0.1) is 12.2 Å². The molecule has 6 nitrogen and oxygen atoms in total. The predicted octanol–water partition coefficient (Wildman–Crippen LogP) is 4.45. The number of benzene rings is 2. The molecular formula is C22H23F3N4O2. The fraction of sp³-hybridized carbons (Fsp3) is 0.273. The van der Waals surface area contributed by atoms with Crippen LogP contribution in [0.2, 0.25) is 0 Å². The summed E-state index contributed by atoms with van der Waals surface area (Å²) in [4.78, 5) is 12.1. The fourth-order valence-electron chi connectivity index (χ4n) is 3.12.